The molecule has 27 heavy (non-hydrogen) atoms. The van der Waals surface area contributed by atoms with Crippen molar-refractivity contribution in [1.29, 1.82) is 0 Å². The van der Waals surface area contributed by atoms with Crippen molar-refractivity contribution in [3.05, 3.63) is 65.7 Å². The van der Waals surface area contributed by atoms with Gasteiger partial charge in [0.15, 0.2) is 0 Å². The van der Waals surface area contributed by atoms with Crippen LogP contribution < -0.4 is 4.74 Å². The maximum absolute atomic E-state index is 10.4. The molecule has 1 unspecified atom stereocenters. The maximum Gasteiger partial charge on any atom is 0.124 e. The van der Waals surface area contributed by atoms with Crippen molar-refractivity contribution in [3.8, 4) is 5.75 Å². The first kappa shape index (κ1) is 19.9. The van der Waals surface area contributed by atoms with Gasteiger partial charge in [0, 0.05) is 38.3 Å². The van der Waals surface area contributed by atoms with Gasteiger partial charge < -0.3 is 14.7 Å². The van der Waals surface area contributed by atoms with E-state index in [9.17, 15) is 5.11 Å². The van der Waals surface area contributed by atoms with Gasteiger partial charge in [0.05, 0.1) is 13.2 Å². The Labute approximate surface area is 163 Å². The van der Waals surface area contributed by atoms with E-state index in [-0.39, 0.29) is 0 Å². The Kier molecular flexibility index (Phi) is 7.69. The summed E-state index contributed by atoms with van der Waals surface area (Å²) < 4.78 is 5.35. The number of methoxy groups -OCH3 is 1. The second-order valence-corrected chi connectivity index (χ2v) is 7.36. The van der Waals surface area contributed by atoms with Crippen molar-refractivity contribution in [1.82, 2.24) is 9.80 Å². The molecule has 1 aliphatic heterocycles. The lowest BCUT2D eigenvalue weighted by atomic mass is 10.0. The minimum absolute atomic E-state index is 0.441. The van der Waals surface area contributed by atoms with Crippen molar-refractivity contribution >= 4 is 0 Å². The molecule has 1 atom stereocenters. The van der Waals surface area contributed by atoms with Crippen LogP contribution in [-0.4, -0.2) is 54.7 Å². The van der Waals surface area contributed by atoms with Gasteiger partial charge >= 0.3 is 0 Å². The summed E-state index contributed by atoms with van der Waals surface area (Å²) in [5.41, 5.74) is 2.30. The third kappa shape index (κ3) is 6.06. The second-order valence-electron chi connectivity index (χ2n) is 7.36. The van der Waals surface area contributed by atoms with Crippen molar-refractivity contribution in [2.75, 3.05) is 39.8 Å². The zero-order chi connectivity index (χ0) is 18.9. The molecule has 146 valence electrons. The van der Waals surface area contributed by atoms with Crippen LogP contribution in [0.1, 0.15) is 36.5 Å². The van der Waals surface area contributed by atoms with Gasteiger partial charge in [-0.2, -0.15) is 0 Å². The summed E-state index contributed by atoms with van der Waals surface area (Å²) in [5.74, 6) is 0.777. The highest BCUT2D eigenvalue weighted by molar-refractivity contribution is 5.34. The van der Waals surface area contributed by atoms with Gasteiger partial charge in [-0.1, -0.05) is 48.5 Å². The second kappa shape index (κ2) is 10.5. The highest BCUT2D eigenvalue weighted by Crippen LogP contribution is 2.28. The Morgan fingerprint density at radius 3 is 2.30 bits per heavy atom. The number of ether oxygens (including phenoxy) is 1. The molecule has 0 radical (unpaired) electrons. The van der Waals surface area contributed by atoms with E-state index >= 15 is 0 Å². The first-order valence-corrected chi connectivity index (χ1v) is 10.1. The molecule has 0 aliphatic carbocycles. The molecule has 1 saturated heterocycles. The van der Waals surface area contributed by atoms with Crippen LogP contribution in [0.3, 0.4) is 0 Å². The molecule has 2 aromatic carbocycles. The first-order chi connectivity index (χ1) is 13.3. The van der Waals surface area contributed by atoms with Crippen molar-refractivity contribution in [2.45, 2.75) is 31.9 Å². The zero-order valence-electron chi connectivity index (χ0n) is 16.4. The highest BCUT2D eigenvalue weighted by Gasteiger charge is 2.17. The molecule has 1 aliphatic rings. The van der Waals surface area contributed by atoms with E-state index in [0.717, 1.165) is 69.8 Å². The molecule has 1 N–H and O–H groups in total. The SMILES string of the molecule is COc1ccccc1C(O)CCCCN1CCN(Cc2ccccc2)CC1. The van der Waals surface area contributed by atoms with Gasteiger partial charge in [-0.3, -0.25) is 4.90 Å². The van der Waals surface area contributed by atoms with E-state index in [1.807, 2.05) is 24.3 Å². The molecule has 0 spiro atoms. The fraction of sp³-hybridized carbons (Fsp3) is 0.478. The van der Waals surface area contributed by atoms with Gasteiger partial charge in [0.1, 0.15) is 5.75 Å². The molecular weight excluding hydrogens is 336 g/mol. The number of hydrogen-bond acceptors (Lipinski definition) is 4. The predicted octanol–water partition coefficient (Wildman–Crippen LogP) is 3.72. The average Bonchev–Trinajstić information content (AvgIpc) is 2.73. The Hall–Kier alpha value is -1.88. The number of rotatable bonds is 9. The first-order valence-electron chi connectivity index (χ1n) is 10.1. The Morgan fingerprint density at radius 1 is 0.889 bits per heavy atom. The largest absolute Gasteiger partial charge is 0.496 e. The molecule has 4 heteroatoms. The van der Waals surface area contributed by atoms with E-state index in [1.165, 1.54) is 5.56 Å². The molecule has 0 bridgehead atoms. The summed E-state index contributed by atoms with van der Waals surface area (Å²) in [4.78, 5) is 5.09. The molecule has 3 rings (SSSR count). The van der Waals surface area contributed by atoms with E-state index in [2.05, 4.69) is 40.1 Å². The molecule has 4 nitrogen and oxygen atoms in total. The fourth-order valence-electron chi connectivity index (χ4n) is 3.78. The zero-order valence-corrected chi connectivity index (χ0v) is 16.4. The van der Waals surface area contributed by atoms with Gasteiger partial charge in [-0.05, 0) is 37.4 Å². The van der Waals surface area contributed by atoms with Gasteiger partial charge in [-0.25, -0.2) is 0 Å². The standard InChI is InChI=1S/C23H32N2O2/c1-27-23-13-6-5-11-21(23)22(26)12-7-8-14-24-15-17-25(18-16-24)19-20-9-3-2-4-10-20/h2-6,9-11,13,22,26H,7-8,12,14-19H2,1H3. The third-order valence-electron chi connectivity index (χ3n) is 5.41. The Morgan fingerprint density at radius 2 is 1.56 bits per heavy atom. The lowest BCUT2D eigenvalue weighted by Gasteiger charge is -2.34. The van der Waals surface area contributed by atoms with Crippen LogP contribution in [-0.2, 0) is 6.54 Å². The smallest absolute Gasteiger partial charge is 0.124 e. The van der Waals surface area contributed by atoms with Crippen molar-refractivity contribution < 1.29 is 9.84 Å². The van der Waals surface area contributed by atoms with Crippen LogP contribution in [0.4, 0.5) is 0 Å². The number of aliphatic hydroxyl groups is 1. The number of benzene rings is 2. The quantitative estimate of drug-likeness (QED) is 0.685. The number of aliphatic hydroxyl groups excluding tert-OH is 1. The maximum atomic E-state index is 10.4. The molecule has 1 heterocycles. The summed E-state index contributed by atoms with van der Waals surface area (Å²) in [6.45, 7) is 6.73. The monoisotopic (exact) mass is 368 g/mol. The van der Waals surface area contributed by atoms with Crippen molar-refractivity contribution in [3.63, 3.8) is 0 Å². The van der Waals surface area contributed by atoms with Gasteiger partial charge in [-0.15, -0.1) is 0 Å². The topological polar surface area (TPSA) is 35.9 Å². The van der Waals surface area contributed by atoms with Crippen LogP contribution in [0, 0.1) is 0 Å². The summed E-state index contributed by atoms with van der Waals surface area (Å²) in [5, 5.41) is 10.4. The molecular formula is C23H32N2O2. The summed E-state index contributed by atoms with van der Waals surface area (Å²) in [6.07, 6.45) is 2.51. The van der Waals surface area contributed by atoms with Crippen LogP contribution in [0.25, 0.3) is 0 Å². The molecule has 0 saturated carbocycles. The number of nitrogens with zero attached hydrogens (tertiary/aromatic N) is 2. The Bertz CT molecular complexity index is 669. The Balaban J connectivity index is 1.32. The van der Waals surface area contributed by atoms with Crippen LogP contribution >= 0.6 is 0 Å². The number of para-hydroxylation sites is 1. The van der Waals surface area contributed by atoms with Gasteiger partial charge in [0.2, 0.25) is 0 Å². The van der Waals surface area contributed by atoms with E-state index in [0.29, 0.717) is 0 Å². The van der Waals surface area contributed by atoms with Crippen LogP contribution in [0.5, 0.6) is 5.75 Å². The minimum atomic E-state index is -0.441. The minimum Gasteiger partial charge on any atom is -0.496 e. The fourth-order valence-corrected chi connectivity index (χ4v) is 3.78. The summed E-state index contributed by atoms with van der Waals surface area (Å²) in [7, 11) is 1.66. The molecule has 0 amide bonds. The number of piperazine rings is 1. The lowest BCUT2D eigenvalue weighted by molar-refractivity contribution is 0.121. The molecule has 0 aromatic heterocycles. The molecule has 1 fully saturated rings. The van der Waals surface area contributed by atoms with E-state index < -0.39 is 6.10 Å². The molecule has 2 aromatic rings. The van der Waals surface area contributed by atoms with Gasteiger partial charge in [0.25, 0.3) is 0 Å². The normalized spacial score (nSPS) is 17.0. The number of hydrogen-bond donors (Lipinski definition) is 1. The summed E-state index contributed by atoms with van der Waals surface area (Å²) >= 11 is 0. The summed E-state index contributed by atoms with van der Waals surface area (Å²) in [6, 6.07) is 18.5. The van der Waals surface area contributed by atoms with Crippen LogP contribution in [0.2, 0.25) is 0 Å². The highest BCUT2D eigenvalue weighted by atomic mass is 16.5. The third-order valence-corrected chi connectivity index (χ3v) is 5.41. The average molecular weight is 369 g/mol. The predicted molar refractivity (Wildman–Crippen MR) is 110 cm³/mol. The van der Waals surface area contributed by atoms with E-state index in [1.54, 1.807) is 7.11 Å². The van der Waals surface area contributed by atoms with Crippen LogP contribution in [0.15, 0.2) is 54.6 Å². The van der Waals surface area contributed by atoms with Crippen molar-refractivity contribution in [2.24, 2.45) is 0 Å². The lowest BCUT2D eigenvalue weighted by Crippen LogP contribution is -2.46. The number of unbranched alkanes of at least 4 members (excludes halogenated alkanes) is 1. The van der Waals surface area contributed by atoms with E-state index in [4.69, 9.17) is 4.74 Å².